The van der Waals surface area contributed by atoms with E-state index in [1.54, 1.807) is 7.11 Å². The van der Waals surface area contributed by atoms with Crippen molar-refractivity contribution in [1.29, 1.82) is 0 Å². The number of benzene rings is 2. The minimum absolute atomic E-state index is 0.698. The third-order valence-corrected chi connectivity index (χ3v) is 5.71. The molecule has 0 saturated carbocycles. The highest BCUT2D eigenvalue weighted by Crippen LogP contribution is 2.27. The van der Waals surface area contributed by atoms with Crippen LogP contribution in [0.4, 0.5) is 0 Å². The smallest absolute Gasteiger partial charge is 0.157 e. The van der Waals surface area contributed by atoms with Crippen molar-refractivity contribution >= 4 is 25.3 Å². The summed E-state index contributed by atoms with van der Waals surface area (Å²) in [4.78, 5) is 4.65. The molecule has 0 amide bonds. The number of hydrogen-bond donors (Lipinski definition) is 0. The van der Waals surface area contributed by atoms with E-state index in [1.165, 1.54) is 0 Å². The number of halogens is 1. The maximum Gasteiger partial charge on any atom is 0.157 e. The summed E-state index contributed by atoms with van der Waals surface area (Å²) < 4.78 is 7.10. The lowest BCUT2D eigenvalue weighted by Crippen LogP contribution is -2.16. The molecule has 2 aromatic heterocycles. The minimum atomic E-state index is -1.59. The van der Waals surface area contributed by atoms with Crippen LogP contribution >= 0.6 is 11.6 Å². The summed E-state index contributed by atoms with van der Waals surface area (Å²) in [5.74, 6) is 4.22. The Hall–Kier alpha value is -3.07. The highest BCUT2D eigenvalue weighted by molar-refractivity contribution is 6.83. The predicted molar refractivity (Wildman–Crippen MR) is 126 cm³/mol. The molecule has 4 nitrogen and oxygen atoms in total. The number of fused-ring (bicyclic) bond motifs is 1. The van der Waals surface area contributed by atoms with Crippen LogP contribution in [0.3, 0.4) is 0 Å². The SMILES string of the molecule is COc1ccc(-c2cc3ncc(-c4ccc(Cl)cc4)c(C#C[Si](C)(C)C)n3n2)cc1. The Bertz CT molecular complexity index is 1260. The maximum absolute atomic E-state index is 6.08. The van der Waals surface area contributed by atoms with Crippen LogP contribution in [0.15, 0.2) is 60.8 Å². The van der Waals surface area contributed by atoms with E-state index in [-0.39, 0.29) is 0 Å². The van der Waals surface area contributed by atoms with Crippen molar-refractivity contribution in [2.75, 3.05) is 7.11 Å². The molecule has 0 aliphatic heterocycles. The molecule has 2 aromatic carbocycles. The molecule has 0 aliphatic rings. The number of ether oxygens (including phenoxy) is 1. The monoisotopic (exact) mass is 431 g/mol. The molecule has 0 saturated heterocycles. The summed E-state index contributed by atoms with van der Waals surface area (Å²) in [5, 5.41) is 5.54. The molecule has 150 valence electrons. The number of rotatable bonds is 3. The average Bonchev–Trinajstić information content (AvgIpc) is 3.16. The Kier molecular flexibility index (Phi) is 5.38. The molecule has 0 aliphatic carbocycles. The molecule has 0 atom stereocenters. The first-order valence-electron chi connectivity index (χ1n) is 9.66. The van der Waals surface area contributed by atoms with Crippen LogP contribution in [0.25, 0.3) is 28.0 Å². The van der Waals surface area contributed by atoms with Crippen LogP contribution in [0.1, 0.15) is 5.69 Å². The second-order valence-electron chi connectivity index (χ2n) is 8.06. The molecule has 0 fully saturated rings. The maximum atomic E-state index is 6.08. The van der Waals surface area contributed by atoms with Crippen molar-refractivity contribution in [1.82, 2.24) is 14.6 Å². The lowest BCUT2D eigenvalue weighted by atomic mass is 10.1. The first-order valence-corrected chi connectivity index (χ1v) is 13.5. The zero-order chi connectivity index (χ0) is 21.3. The zero-order valence-electron chi connectivity index (χ0n) is 17.4. The van der Waals surface area contributed by atoms with Crippen molar-refractivity contribution in [3.05, 3.63) is 71.5 Å². The van der Waals surface area contributed by atoms with Crippen LogP contribution in [-0.4, -0.2) is 29.8 Å². The molecule has 0 bridgehead atoms. The zero-order valence-corrected chi connectivity index (χ0v) is 19.2. The van der Waals surface area contributed by atoms with E-state index >= 15 is 0 Å². The minimum Gasteiger partial charge on any atom is -0.497 e. The fourth-order valence-electron chi connectivity index (χ4n) is 3.04. The highest BCUT2D eigenvalue weighted by atomic mass is 35.5. The number of methoxy groups -OCH3 is 1. The molecule has 0 radical (unpaired) electrons. The lowest BCUT2D eigenvalue weighted by Gasteiger charge is -2.09. The largest absolute Gasteiger partial charge is 0.497 e. The van der Waals surface area contributed by atoms with E-state index < -0.39 is 8.07 Å². The van der Waals surface area contributed by atoms with Crippen molar-refractivity contribution in [2.24, 2.45) is 0 Å². The van der Waals surface area contributed by atoms with Crippen molar-refractivity contribution < 1.29 is 4.74 Å². The Morgan fingerprint density at radius 1 is 0.967 bits per heavy atom. The predicted octanol–water partition coefficient (Wildman–Crippen LogP) is 5.95. The van der Waals surface area contributed by atoms with Crippen molar-refractivity contribution in [3.63, 3.8) is 0 Å². The van der Waals surface area contributed by atoms with Crippen LogP contribution in [0, 0.1) is 11.5 Å². The molecule has 0 N–H and O–H groups in total. The lowest BCUT2D eigenvalue weighted by molar-refractivity contribution is 0.415. The average molecular weight is 432 g/mol. The highest BCUT2D eigenvalue weighted by Gasteiger charge is 2.15. The Morgan fingerprint density at radius 3 is 2.27 bits per heavy atom. The van der Waals surface area contributed by atoms with Gasteiger partial charge in [-0.05, 0) is 42.0 Å². The first-order chi connectivity index (χ1) is 14.3. The van der Waals surface area contributed by atoms with Gasteiger partial charge in [-0.25, -0.2) is 9.50 Å². The van der Waals surface area contributed by atoms with E-state index in [0.29, 0.717) is 5.02 Å². The van der Waals surface area contributed by atoms with Crippen molar-refractivity contribution in [3.8, 4) is 39.6 Å². The Morgan fingerprint density at radius 2 is 1.63 bits per heavy atom. The fraction of sp³-hybridized carbons (Fsp3) is 0.167. The second kappa shape index (κ2) is 7.98. The van der Waals surface area contributed by atoms with E-state index in [0.717, 1.165) is 39.5 Å². The van der Waals surface area contributed by atoms with Gasteiger partial charge in [-0.3, -0.25) is 0 Å². The van der Waals surface area contributed by atoms with Gasteiger partial charge in [0, 0.05) is 28.4 Å². The van der Waals surface area contributed by atoms with Crippen LogP contribution in [-0.2, 0) is 0 Å². The van der Waals surface area contributed by atoms with Gasteiger partial charge in [0.15, 0.2) is 5.65 Å². The number of hydrogen-bond acceptors (Lipinski definition) is 3. The Balaban J connectivity index is 1.91. The molecule has 0 unspecified atom stereocenters. The molecule has 6 heteroatoms. The normalized spacial score (nSPS) is 11.2. The molecular weight excluding hydrogens is 410 g/mol. The number of nitrogens with zero attached hydrogens (tertiary/aromatic N) is 3. The van der Waals surface area contributed by atoms with Gasteiger partial charge in [-0.1, -0.05) is 49.3 Å². The van der Waals surface area contributed by atoms with Crippen LogP contribution in [0.5, 0.6) is 5.75 Å². The summed E-state index contributed by atoms with van der Waals surface area (Å²) in [6, 6.07) is 17.5. The van der Waals surface area contributed by atoms with Gasteiger partial charge < -0.3 is 4.74 Å². The van der Waals surface area contributed by atoms with E-state index in [4.69, 9.17) is 21.4 Å². The van der Waals surface area contributed by atoms with Crippen molar-refractivity contribution in [2.45, 2.75) is 19.6 Å². The van der Waals surface area contributed by atoms with E-state index in [9.17, 15) is 0 Å². The molecular formula is C24H22ClN3OSi. The quantitative estimate of drug-likeness (QED) is 0.297. The third kappa shape index (κ3) is 4.25. The van der Waals surface area contributed by atoms with Gasteiger partial charge >= 0.3 is 0 Å². The van der Waals surface area contributed by atoms with Crippen LogP contribution in [0.2, 0.25) is 24.7 Å². The van der Waals surface area contributed by atoms with Gasteiger partial charge in [-0.15, -0.1) is 5.54 Å². The first kappa shape index (κ1) is 20.2. The topological polar surface area (TPSA) is 39.4 Å². The Labute approximate surface area is 182 Å². The molecule has 0 spiro atoms. The second-order valence-corrected chi connectivity index (χ2v) is 13.2. The molecule has 4 aromatic rings. The van der Waals surface area contributed by atoms with E-state index in [2.05, 4.69) is 36.1 Å². The van der Waals surface area contributed by atoms with E-state index in [1.807, 2.05) is 65.3 Å². The summed E-state index contributed by atoms with van der Waals surface area (Å²) in [7, 11) is 0.0728. The van der Waals surface area contributed by atoms with Gasteiger partial charge in [0.25, 0.3) is 0 Å². The van der Waals surface area contributed by atoms with Gasteiger partial charge in [0.1, 0.15) is 19.5 Å². The molecule has 2 heterocycles. The van der Waals surface area contributed by atoms with Gasteiger partial charge in [0.05, 0.1) is 12.8 Å². The summed E-state index contributed by atoms with van der Waals surface area (Å²) in [6.07, 6.45) is 1.87. The van der Waals surface area contributed by atoms with Gasteiger partial charge in [-0.2, -0.15) is 5.10 Å². The summed E-state index contributed by atoms with van der Waals surface area (Å²) in [6.45, 7) is 6.69. The van der Waals surface area contributed by atoms with Gasteiger partial charge in [0.2, 0.25) is 0 Å². The standard InChI is InChI=1S/C24H22ClN3OSi/c1-29-20-11-7-18(8-12-20)22-15-24-26-16-21(17-5-9-19(25)10-6-17)23(28(24)27-22)13-14-30(2,3)4/h5-12,15-16H,1-4H3. The van der Waals surface area contributed by atoms with Crippen LogP contribution < -0.4 is 4.74 Å². The summed E-state index contributed by atoms with van der Waals surface area (Å²) in [5.41, 5.74) is 8.86. The fourth-order valence-corrected chi connectivity index (χ4v) is 3.66. The third-order valence-electron chi connectivity index (χ3n) is 4.58. The molecule has 4 rings (SSSR count). The summed E-state index contributed by atoms with van der Waals surface area (Å²) >= 11 is 6.08. The molecule has 30 heavy (non-hydrogen) atoms. The number of aromatic nitrogens is 3.